The summed E-state index contributed by atoms with van der Waals surface area (Å²) >= 11 is 0. The molecule has 2 aromatic rings. The Kier molecular flexibility index (Phi) is 7.38. The minimum Gasteiger partial charge on any atom is -0.456 e. The molecule has 0 spiro atoms. The second-order valence-corrected chi connectivity index (χ2v) is 6.99. The van der Waals surface area contributed by atoms with Gasteiger partial charge in [-0.15, -0.1) is 0 Å². The molecule has 0 saturated heterocycles. The predicted molar refractivity (Wildman–Crippen MR) is 108 cm³/mol. The molecule has 0 atom stereocenters. The second kappa shape index (κ2) is 10.4. The molecule has 1 heterocycles. The Labute approximate surface area is 169 Å². The van der Waals surface area contributed by atoms with Crippen molar-refractivity contribution in [3.05, 3.63) is 41.6 Å². The number of benzene rings is 1. The lowest BCUT2D eigenvalue weighted by Gasteiger charge is -2.13. The standard InChI is InChI=1S/C21H26N4O4/c26-18(22-12-10-15-6-2-1-3-7-15)14-29-19(27)11-13-23-21(28)20-16-8-4-5-9-17(16)24-25-20/h4-6,8-9H,1-3,7,10-14H2,(H,22,26)(H,23,28)(H,24,25). The first kappa shape index (κ1) is 20.6. The van der Waals surface area contributed by atoms with E-state index in [1.165, 1.54) is 18.4 Å². The summed E-state index contributed by atoms with van der Waals surface area (Å²) in [7, 11) is 0. The van der Waals surface area contributed by atoms with Crippen LogP contribution in [0.25, 0.3) is 10.9 Å². The number of aromatic amines is 1. The molecule has 0 bridgehead atoms. The Morgan fingerprint density at radius 3 is 2.79 bits per heavy atom. The van der Waals surface area contributed by atoms with Crippen LogP contribution >= 0.6 is 0 Å². The molecule has 1 aromatic carbocycles. The van der Waals surface area contributed by atoms with E-state index in [-0.39, 0.29) is 37.1 Å². The van der Waals surface area contributed by atoms with Crippen LogP contribution in [0.2, 0.25) is 0 Å². The van der Waals surface area contributed by atoms with Crippen molar-refractivity contribution in [3.8, 4) is 0 Å². The van der Waals surface area contributed by atoms with E-state index in [4.69, 9.17) is 4.74 Å². The fourth-order valence-corrected chi connectivity index (χ4v) is 3.26. The van der Waals surface area contributed by atoms with E-state index >= 15 is 0 Å². The smallest absolute Gasteiger partial charge is 0.308 e. The first-order valence-corrected chi connectivity index (χ1v) is 9.95. The number of nitrogens with zero attached hydrogens (tertiary/aromatic N) is 1. The zero-order chi connectivity index (χ0) is 20.5. The molecule has 0 radical (unpaired) electrons. The minimum atomic E-state index is -0.540. The number of amides is 2. The number of rotatable bonds is 9. The topological polar surface area (TPSA) is 113 Å². The molecule has 8 heteroatoms. The van der Waals surface area contributed by atoms with Crippen LogP contribution in [0.4, 0.5) is 0 Å². The van der Waals surface area contributed by atoms with E-state index in [9.17, 15) is 14.4 Å². The summed E-state index contributed by atoms with van der Waals surface area (Å²) in [5.74, 6) is -1.23. The van der Waals surface area contributed by atoms with E-state index in [0.29, 0.717) is 11.9 Å². The summed E-state index contributed by atoms with van der Waals surface area (Å²) in [5, 5.41) is 12.9. The number of hydrogen-bond acceptors (Lipinski definition) is 5. The van der Waals surface area contributed by atoms with Crippen LogP contribution in [-0.2, 0) is 14.3 Å². The van der Waals surface area contributed by atoms with Gasteiger partial charge in [0.2, 0.25) is 0 Å². The number of aromatic nitrogens is 2. The highest BCUT2D eigenvalue weighted by Gasteiger charge is 2.14. The molecule has 2 amide bonds. The maximum atomic E-state index is 12.2. The third-order valence-electron chi connectivity index (χ3n) is 4.82. The third kappa shape index (κ3) is 6.17. The fraction of sp³-hybridized carbons (Fsp3) is 0.429. The van der Waals surface area contributed by atoms with Gasteiger partial charge in [-0.25, -0.2) is 0 Å². The number of fused-ring (bicyclic) bond motifs is 1. The van der Waals surface area contributed by atoms with Gasteiger partial charge in [0.15, 0.2) is 12.3 Å². The number of carbonyl (C=O) groups is 3. The Morgan fingerprint density at radius 1 is 1.10 bits per heavy atom. The van der Waals surface area contributed by atoms with Crippen molar-refractivity contribution in [3.63, 3.8) is 0 Å². The zero-order valence-electron chi connectivity index (χ0n) is 16.3. The van der Waals surface area contributed by atoms with E-state index in [2.05, 4.69) is 26.9 Å². The van der Waals surface area contributed by atoms with Crippen molar-refractivity contribution in [1.29, 1.82) is 0 Å². The van der Waals surface area contributed by atoms with Gasteiger partial charge in [-0.2, -0.15) is 5.10 Å². The van der Waals surface area contributed by atoms with Crippen molar-refractivity contribution in [2.75, 3.05) is 19.7 Å². The first-order chi connectivity index (χ1) is 14.1. The van der Waals surface area contributed by atoms with E-state index in [1.54, 1.807) is 6.07 Å². The molecule has 29 heavy (non-hydrogen) atoms. The van der Waals surface area contributed by atoms with Crippen molar-refractivity contribution >= 4 is 28.7 Å². The lowest BCUT2D eigenvalue weighted by molar-refractivity contribution is -0.148. The second-order valence-electron chi connectivity index (χ2n) is 6.99. The zero-order valence-corrected chi connectivity index (χ0v) is 16.3. The molecule has 0 unspecified atom stereocenters. The lowest BCUT2D eigenvalue weighted by atomic mass is 9.97. The van der Waals surface area contributed by atoms with Crippen molar-refractivity contribution in [1.82, 2.24) is 20.8 Å². The Balaban J connectivity index is 1.30. The van der Waals surface area contributed by atoms with Gasteiger partial charge >= 0.3 is 5.97 Å². The highest BCUT2D eigenvalue weighted by atomic mass is 16.5. The molecule has 1 aliphatic rings. The molecular formula is C21H26N4O4. The molecule has 3 N–H and O–H groups in total. The summed E-state index contributed by atoms with van der Waals surface area (Å²) in [6.07, 6.45) is 7.74. The van der Waals surface area contributed by atoms with Crippen LogP contribution in [0.1, 0.15) is 49.0 Å². The van der Waals surface area contributed by atoms with Crippen molar-refractivity contribution in [2.45, 2.75) is 38.5 Å². The first-order valence-electron chi connectivity index (χ1n) is 9.95. The summed E-state index contributed by atoms with van der Waals surface area (Å²) in [6, 6.07) is 7.30. The monoisotopic (exact) mass is 398 g/mol. The Morgan fingerprint density at radius 2 is 1.97 bits per heavy atom. The summed E-state index contributed by atoms with van der Waals surface area (Å²) in [4.78, 5) is 35.7. The predicted octanol–water partition coefficient (Wildman–Crippen LogP) is 2.23. The Bertz CT molecular complexity index is 903. The van der Waals surface area contributed by atoms with Crippen LogP contribution in [0.3, 0.4) is 0 Å². The van der Waals surface area contributed by atoms with E-state index in [0.717, 1.165) is 24.8 Å². The van der Waals surface area contributed by atoms with Gasteiger partial charge in [0.25, 0.3) is 11.8 Å². The highest BCUT2D eigenvalue weighted by Crippen LogP contribution is 2.19. The number of H-pyrrole nitrogens is 1. The maximum absolute atomic E-state index is 12.2. The van der Waals surface area contributed by atoms with Gasteiger partial charge in [-0.05, 0) is 38.2 Å². The lowest BCUT2D eigenvalue weighted by Crippen LogP contribution is -2.31. The van der Waals surface area contributed by atoms with Gasteiger partial charge < -0.3 is 15.4 Å². The number of carbonyl (C=O) groups excluding carboxylic acids is 3. The number of nitrogens with one attached hydrogen (secondary N) is 3. The van der Waals surface area contributed by atoms with E-state index in [1.807, 2.05) is 18.2 Å². The van der Waals surface area contributed by atoms with Crippen LogP contribution in [-0.4, -0.2) is 47.7 Å². The quantitative estimate of drug-likeness (QED) is 0.443. The largest absolute Gasteiger partial charge is 0.456 e. The maximum Gasteiger partial charge on any atom is 0.308 e. The number of para-hydroxylation sites is 1. The normalized spacial score (nSPS) is 13.6. The average Bonchev–Trinajstić information content (AvgIpc) is 3.17. The molecule has 0 saturated carbocycles. The minimum absolute atomic E-state index is 0.0196. The number of hydrogen-bond donors (Lipinski definition) is 3. The molecular weight excluding hydrogens is 372 g/mol. The average molecular weight is 398 g/mol. The van der Waals surface area contributed by atoms with Crippen LogP contribution in [0, 0.1) is 0 Å². The molecule has 3 rings (SSSR count). The number of esters is 1. The highest BCUT2D eigenvalue weighted by molar-refractivity contribution is 6.04. The van der Waals surface area contributed by atoms with Gasteiger partial charge in [0, 0.05) is 18.5 Å². The molecule has 0 fully saturated rings. The number of ether oxygens (including phenoxy) is 1. The van der Waals surface area contributed by atoms with Crippen molar-refractivity contribution in [2.24, 2.45) is 0 Å². The summed E-state index contributed by atoms with van der Waals surface area (Å²) in [6.45, 7) is 0.348. The molecule has 8 nitrogen and oxygen atoms in total. The Hall–Kier alpha value is -3.16. The number of allylic oxidation sites excluding steroid dienone is 1. The molecule has 154 valence electrons. The van der Waals surface area contributed by atoms with Crippen LogP contribution in [0.5, 0.6) is 0 Å². The molecule has 1 aliphatic carbocycles. The van der Waals surface area contributed by atoms with Crippen LogP contribution < -0.4 is 10.6 Å². The van der Waals surface area contributed by atoms with Gasteiger partial charge in [0.05, 0.1) is 11.9 Å². The van der Waals surface area contributed by atoms with Gasteiger partial charge in [-0.1, -0.05) is 29.8 Å². The molecule has 1 aromatic heterocycles. The SMILES string of the molecule is O=C(COC(=O)CCNC(=O)c1n[nH]c2ccccc12)NCCC1=CCCCC1. The van der Waals surface area contributed by atoms with E-state index < -0.39 is 5.97 Å². The summed E-state index contributed by atoms with van der Waals surface area (Å²) in [5.41, 5.74) is 2.43. The summed E-state index contributed by atoms with van der Waals surface area (Å²) < 4.78 is 4.95. The fourth-order valence-electron chi connectivity index (χ4n) is 3.26. The molecule has 0 aliphatic heterocycles. The third-order valence-corrected chi connectivity index (χ3v) is 4.82. The van der Waals surface area contributed by atoms with Gasteiger partial charge in [-0.3, -0.25) is 19.5 Å². The van der Waals surface area contributed by atoms with Crippen molar-refractivity contribution < 1.29 is 19.1 Å². The van der Waals surface area contributed by atoms with Gasteiger partial charge in [0.1, 0.15) is 0 Å². The van der Waals surface area contributed by atoms with Crippen LogP contribution in [0.15, 0.2) is 35.9 Å².